The van der Waals surface area contributed by atoms with Crippen molar-refractivity contribution >= 4 is 56.5 Å². The Bertz CT molecular complexity index is 1370. The van der Waals surface area contributed by atoms with Crippen LogP contribution in [0, 0.1) is 12.7 Å². The SMILES string of the molecule is CCn1c(SCC(=O)Nc2ccc(F)cc2Cl)nc2c(-c3ccc(C)cc3)csc2c1=O. The number of halogens is 2. The molecule has 0 aliphatic heterocycles. The summed E-state index contributed by atoms with van der Waals surface area (Å²) >= 11 is 8.53. The zero-order valence-electron chi connectivity index (χ0n) is 17.3. The van der Waals surface area contributed by atoms with Crippen molar-refractivity contribution in [2.75, 3.05) is 11.1 Å². The summed E-state index contributed by atoms with van der Waals surface area (Å²) in [6.45, 7) is 4.33. The number of carbonyl (C=O) groups is 1. The molecule has 0 aliphatic carbocycles. The first-order valence-corrected chi connectivity index (χ1v) is 12.1. The summed E-state index contributed by atoms with van der Waals surface area (Å²) in [7, 11) is 0. The number of hydrogen-bond donors (Lipinski definition) is 1. The Balaban J connectivity index is 1.62. The van der Waals surface area contributed by atoms with E-state index in [1.807, 2.05) is 43.5 Å². The predicted octanol–water partition coefficient (Wildman–Crippen LogP) is 5.98. The van der Waals surface area contributed by atoms with E-state index in [4.69, 9.17) is 16.6 Å². The van der Waals surface area contributed by atoms with Crippen LogP contribution in [0.15, 0.2) is 57.8 Å². The molecule has 2 aromatic carbocycles. The van der Waals surface area contributed by atoms with Gasteiger partial charge in [-0.1, -0.05) is 53.2 Å². The third-order valence-electron chi connectivity index (χ3n) is 4.86. The largest absolute Gasteiger partial charge is 0.324 e. The Kier molecular flexibility index (Phi) is 6.64. The predicted molar refractivity (Wildman–Crippen MR) is 130 cm³/mol. The molecule has 9 heteroatoms. The maximum Gasteiger partial charge on any atom is 0.272 e. The van der Waals surface area contributed by atoms with Crippen molar-refractivity contribution in [2.24, 2.45) is 0 Å². The highest BCUT2D eigenvalue weighted by Crippen LogP contribution is 2.32. The molecule has 0 fully saturated rings. The number of fused-ring (bicyclic) bond motifs is 1. The fraction of sp³-hybridized carbons (Fsp3) is 0.174. The van der Waals surface area contributed by atoms with Gasteiger partial charge in [0.15, 0.2) is 5.16 Å². The highest BCUT2D eigenvalue weighted by atomic mass is 35.5. The third kappa shape index (κ3) is 4.57. The van der Waals surface area contributed by atoms with Crippen LogP contribution in [0.1, 0.15) is 12.5 Å². The van der Waals surface area contributed by atoms with Gasteiger partial charge in [0.2, 0.25) is 5.91 Å². The molecule has 0 unspecified atom stereocenters. The molecule has 164 valence electrons. The van der Waals surface area contributed by atoms with Crippen LogP contribution in [0.4, 0.5) is 10.1 Å². The molecule has 5 nitrogen and oxygen atoms in total. The molecular weight excluding hydrogens is 469 g/mol. The van der Waals surface area contributed by atoms with E-state index < -0.39 is 5.82 Å². The summed E-state index contributed by atoms with van der Waals surface area (Å²) in [5, 5.41) is 5.20. The number of aromatic nitrogens is 2. The number of anilines is 1. The van der Waals surface area contributed by atoms with Crippen LogP contribution in [0.3, 0.4) is 0 Å². The maximum absolute atomic E-state index is 13.2. The van der Waals surface area contributed by atoms with Crippen LogP contribution >= 0.6 is 34.7 Å². The Labute approximate surface area is 197 Å². The number of thioether (sulfide) groups is 1. The average molecular weight is 488 g/mol. The molecule has 0 bridgehead atoms. The Morgan fingerprint density at radius 3 is 2.69 bits per heavy atom. The number of nitrogens with zero attached hydrogens (tertiary/aromatic N) is 2. The van der Waals surface area contributed by atoms with Crippen LogP contribution in [0.5, 0.6) is 0 Å². The molecule has 4 aromatic rings. The summed E-state index contributed by atoms with van der Waals surface area (Å²) in [6, 6.07) is 11.8. The molecule has 4 rings (SSSR count). The van der Waals surface area contributed by atoms with Crippen molar-refractivity contribution in [1.29, 1.82) is 0 Å². The van der Waals surface area contributed by atoms with Gasteiger partial charge in [0.25, 0.3) is 5.56 Å². The zero-order chi connectivity index (χ0) is 22.8. The Morgan fingerprint density at radius 1 is 1.25 bits per heavy atom. The van der Waals surface area contributed by atoms with Gasteiger partial charge >= 0.3 is 0 Å². The van der Waals surface area contributed by atoms with E-state index in [-0.39, 0.29) is 22.2 Å². The number of carbonyl (C=O) groups excluding carboxylic acids is 1. The maximum atomic E-state index is 13.2. The quantitative estimate of drug-likeness (QED) is 0.268. The van der Waals surface area contributed by atoms with Crippen molar-refractivity contribution in [1.82, 2.24) is 9.55 Å². The van der Waals surface area contributed by atoms with E-state index in [0.717, 1.165) is 22.8 Å². The molecule has 32 heavy (non-hydrogen) atoms. The van der Waals surface area contributed by atoms with Gasteiger partial charge in [-0.25, -0.2) is 9.37 Å². The van der Waals surface area contributed by atoms with Crippen LogP contribution in [-0.2, 0) is 11.3 Å². The topological polar surface area (TPSA) is 64.0 Å². The minimum Gasteiger partial charge on any atom is -0.324 e. The van der Waals surface area contributed by atoms with E-state index in [9.17, 15) is 14.0 Å². The zero-order valence-corrected chi connectivity index (χ0v) is 19.7. The number of aryl methyl sites for hydroxylation is 1. The lowest BCUT2D eigenvalue weighted by Crippen LogP contribution is -2.23. The summed E-state index contributed by atoms with van der Waals surface area (Å²) in [5.74, 6) is -0.785. The first-order valence-electron chi connectivity index (χ1n) is 9.84. The van der Waals surface area contributed by atoms with Crippen LogP contribution < -0.4 is 10.9 Å². The summed E-state index contributed by atoms with van der Waals surface area (Å²) in [5.41, 5.74) is 3.88. The first kappa shape index (κ1) is 22.5. The molecule has 2 heterocycles. The molecular formula is C23H19ClFN3O2S2. The van der Waals surface area contributed by atoms with Crippen molar-refractivity contribution < 1.29 is 9.18 Å². The molecule has 0 spiro atoms. The molecule has 0 saturated heterocycles. The number of amides is 1. The highest BCUT2D eigenvalue weighted by molar-refractivity contribution is 7.99. The number of nitrogens with one attached hydrogen (secondary N) is 1. The average Bonchev–Trinajstić information content (AvgIpc) is 3.19. The van der Waals surface area contributed by atoms with Gasteiger partial charge < -0.3 is 5.32 Å². The van der Waals surface area contributed by atoms with Gasteiger partial charge in [-0.15, -0.1) is 11.3 Å². The van der Waals surface area contributed by atoms with Gasteiger partial charge in [0, 0.05) is 17.5 Å². The first-order chi connectivity index (χ1) is 15.4. The molecule has 2 aromatic heterocycles. The third-order valence-corrected chi connectivity index (χ3v) is 7.11. The lowest BCUT2D eigenvalue weighted by atomic mass is 10.1. The minimum absolute atomic E-state index is 0.0235. The number of hydrogen-bond acceptors (Lipinski definition) is 5. The number of benzene rings is 2. The Hall–Kier alpha value is -2.68. The van der Waals surface area contributed by atoms with Crippen molar-refractivity contribution in [3.05, 3.63) is 74.6 Å². The second-order valence-corrected chi connectivity index (χ2v) is 9.33. The molecule has 0 saturated carbocycles. The summed E-state index contributed by atoms with van der Waals surface area (Å²) in [4.78, 5) is 30.3. The van der Waals surface area contributed by atoms with E-state index in [2.05, 4.69) is 5.32 Å². The van der Waals surface area contributed by atoms with Crippen LogP contribution in [0.25, 0.3) is 21.3 Å². The number of rotatable bonds is 6. The smallest absolute Gasteiger partial charge is 0.272 e. The second-order valence-electron chi connectivity index (χ2n) is 7.10. The van der Waals surface area contributed by atoms with E-state index in [0.29, 0.717) is 27.6 Å². The van der Waals surface area contributed by atoms with E-state index in [1.54, 1.807) is 4.57 Å². The molecule has 0 atom stereocenters. The van der Waals surface area contributed by atoms with Gasteiger partial charge in [-0.2, -0.15) is 0 Å². The van der Waals surface area contributed by atoms with E-state index >= 15 is 0 Å². The number of thiophene rings is 1. The van der Waals surface area contributed by atoms with Crippen molar-refractivity contribution in [3.8, 4) is 11.1 Å². The lowest BCUT2D eigenvalue weighted by molar-refractivity contribution is -0.113. The van der Waals surface area contributed by atoms with Gasteiger partial charge in [0.05, 0.1) is 22.0 Å². The molecule has 1 amide bonds. The van der Waals surface area contributed by atoms with Gasteiger partial charge in [-0.3, -0.25) is 14.2 Å². The molecule has 0 radical (unpaired) electrons. The van der Waals surface area contributed by atoms with Gasteiger partial charge in [0.1, 0.15) is 10.5 Å². The Morgan fingerprint density at radius 2 is 2.00 bits per heavy atom. The fourth-order valence-corrected chi connectivity index (χ4v) is 5.25. The van der Waals surface area contributed by atoms with Gasteiger partial charge in [-0.05, 0) is 37.6 Å². The molecule has 0 aliphatic rings. The monoisotopic (exact) mass is 487 g/mol. The summed E-state index contributed by atoms with van der Waals surface area (Å²) < 4.78 is 15.4. The molecule has 1 N–H and O–H groups in total. The summed E-state index contributed by atoms with van der Waals surface area (Å²) in [6.07, 6.45) is 0. The van der Waals surface area contributed by atoms with Crippen molar-refractivity contribution in [2.45, 2.75) is 25.5 Å². The van der Waals surface area contributed by atoms with E-state index in [1.165, 1.54) is 35.2 Å². The highest BCUT2D eigenvalue weighted by Gasteiger charge is 2.17. The fourth-order valence-electron chi connectivity index (χ4n) is 3.21. The van der Waals surface area contributed by atoms with Crippen LogP contribution in [-0.4, -0.2) is 21.2 Å². The van der Waals surface area contributed by atoms with Crippen molar-refractivity contribution in [3.63, 3.8) is 0 Å². The normalized spacial score (nSPS) is 11.1. The second kappa shape index (κ2) is 9.44. The standard InChI is InChI=1S/C23H19ClFN3O2S2/c1-3-28-22(30)21-20(16(11-31-21)14-6-4-13(2)5-7-14)27-23(28)32-12-19(29)26-18-9-8-15(25)10-17(18)24/h4-11H,3,12H2,1-2H3,(H,26,29). The minimum atomic E-state index is -0.480. The van der Waals surface area contributed by atoms with Crippen LogP contribution in [0.2, 0.25) is 5.02 Å². The lowest BCUT2D eigenvalue weighted by Gasteiger charge is -2.11.